The van der Waals surface area contributed by atoms with Crippen LogP contribution in [0.1, 0.15) is 5.56 Å². The molecular formula is C16H23ClN2O3. The van der Waals surface area contributed by atoms with Crippen LogP contribution in [0, 0.1) is 5.92 Å². The maximum atomic E-state index is 12.5. The first-order valence-corrected chi connectivity index (χ1v) is 7.71. The first-order chi connectivity index (χ1) is 10.5. The number of carbonyl (C=O) groups is 1. The van der Waals surface area contributed by atoms with Crippen LogP contribution >= 0.6 is 11.6 Å². The van der Waals surface area contributed by atoms with Gasteiger partial charge in [0.2, 0.25) is 5.91 Å². The van der Waals surface area contributed by atoms with Crippen LogP contribution < -0.4 is 4.74 Å². The second-order valence-corrected chi connectivity index (χ2v) is 6.33. The van der Waals surface area contributed by atoms with Gasteiger partial charge >= 0.3 is 0 Å². The molecule has 5 nitrogen and oxygen atoms in total. The molecule has 0 aliphatic carbocycles. The van der Waals surface area contributed by atoms with Crippen LogP contribution in [0.15, 0.2) is 18.2 Å². The second kappa shape index (κ2) is 7.31. The van der Waals surface area contributed by atoms with Gasteiger partial charge in [0.1, 0.15) is 5.75 Å². The Morgan fingerprint density at radius 2 is 2.18 bits per heavy atom. The molecule has 1 aliphatic heterocycles. The molecule has 1 aromatic rings. The van der Waals surface area contributed by atoms with E-state index in [1.807, 2.05) is 25.1 Å². The van der Waals surface area contributed by atoms with E-state index in [-0.39, 0.29) is 24.5 Å². The zero-order valence-electron chi connectivity index (χ0n) is 13.3. The number of ether oxygens (including phenoxy) is 1. The minimum atomic E-state index is 0.0593. The lowest BCUT2D eigenvalue weighted by Gasteiger charge is -2.23. The predicted octanol–water partition coefficient (Wildman–Crippen LogP) is 1.27. The molecule has 6 heteroatoms. The van der Waals surface area contributed by atoms with Gasteiger partial charge in [0.15, 0.2) is 0 Å². The standard InChI is InChI=1S/C16H23ClN2O3/c1-18(2)14-9-19(8-12(14)10-20)16(21)7-11-4-5-15(22-3)13(17)6-11/h4-6,12,14,20H,7-10H2,1-3H3/t12-,14+/m0/s1. The molecule has 2 atom stereocenters. The normalized spacial score (nSPS) is 21.5. The fourth-order valence-corrected chi connectivity index (χ4v) is 3.21. The summed E-state index contributed by atoms with van der Waals surface area (Å²) in [6, 6.07) is 5.59. The average molecular weight is 327 g/mol. The molecule has 0 aromatic heterocycles. The highest BCUT2D eigenvalue weighted by Crippen LogP contribution is 2.26. The number of hydrogen-bond donors (Lipinski definition) is 1. The lowest BCUT2D eigenvalue weighted by atomic mass is 10.0. The van der Waals surface area contributed by atoms with Gasteiger partial charge in [-0.3, -0.25) is 4.79 Å². The monoisotopic (exact) mass is 326 g/mol. The van der Waals surface area contributed by atoms with Crippen molar-refractivity contribution in [2.24, 2.45) is 5.92 Å². The molecule has 0 radical (unpaired) electrons. The smallest absolute Gasteiger partial charge is 0.227 e. The number of halogens is 1. The van der Waals surface area contributed by atoms with Crippen molar-refractivity contribution in [1.82, 2.24) is 9.80 Å². The molecule has 2 rings (SSSR count). The van der Waals surface area contributed by atoms with Crippen LogP contribution in [0.2, 0.25) is 5.02 Å². The molecule has 0 unspecified atom stereocenters. The van der Waals surface area contributed by atoms with Crippen LogP contribution in [-0.2, 0) is 11.2 Å². The third-order valence-electron chi connectivity index (χ3n) is 4.23. The second-order valence-electron chi connectivity index (χ2n) is 5.92. The molecule has 1 N–H and O–H groups in total. The summed E-state index contributed by atoms with van der Waals surface area (Å²) in [4.78, 5) is 16.4. The van der Waals surface area contributed by atoms with Crippen LogP contribution in [-0.4, -0.2) is 67.8 Å². The number of likely N-dealkylation sites (N-methyl/N-ethyl adjacent to an activating group) is 1. The summed E-state index contributed by atoms with van der Waals surface area (Å²) >= 11 is 6.09. The summed E-state index contributed by atoms with van der Waals surface area (Å²) in [7, 11) is 5.52. The van der Waals surface area contributed by atoms with Crippen molar-refractivity contribution in [3.05, 3.63) is 28.8 Å². The number of likely N-dealkylation sites (tertiary alicyclic amines) is 1. The molecule has 0 saturated carbocycles. The largest absolute Gasteiger partial charge is 0.495 e. The molecule has 1 heterocycles. The number of aliphatic hydroxyl groups is 1. The summed E-state index contributed by atoms with van der Waals surface area (Å²) in [6.45, 7) is 1.35. The molecule has 122 valence electrons. The Bertz CT molecular complexity index is 536. The Balaban J connectivity index is 2.02. The van der Waals surface area contributed by atoms with E-state index in [9.17, 15) is 9.90 Å². The third kappa shape index (κ3) is 3.72. The zero-order valence-corrected chi connectivity index (χ0v) is 14.0. The van der Waals surface area contributed by atoms with Crippen molar-refractivity contribution in [3.63, 3.8) is 0 Å². The topological polar surface area (TPSA) is 53.0 Å². The van der Waals surface area contributed by atoms with Crippen molar-refractivity contribution in [3.8, 4) is 5.75 Å². The molecule has 1 saturated heterocycles. The number of benzene rings is 1. The summed E-state index contributed by atoms with van der Waals surface area (Å²) < 4.78 is 5.11. The molecule has 1 amide bonds. The molecule has 0 bridgehead atoms. The first kappa shape index (κ1) is 17.1. The summed E-state index contributed by atoms with van der Waals surface area (Å²) in [5, 5.41) is 9.98. The Hall–Kier alpha value is -1.30. The fourth-order valence-electron chi connectivity index (χ4n) is 2.93. The van der Waals surface area contributed by atoms with E-state index in [4.69, 9.17) is 16.3 Å². The average Bonchev–Trinajstić information content (AvgIpc) is 2.92. The fraction of sp³-hybridized carbons (Fsp3) is 0.562. The maximum Gasteiger partial charge on any atom is 0.227 e. The lowest BCUT2D eigenvalue weighted by Crippen LogP contribution is -2.37. The van der Waals surface area contributed by atoms with Crippen molar-refractivity contribution in [2.75, 3.05) is 40.9 Å². The Labute approximate surface area is 136 Å². The van der Waals surface area contributed by atoms with E-state index in [1.54, 1.807) is 19.2 Å². The van der Waals surface area contributed by atoms with E-state index in [0.717, 1.165) is 5.56 Å². The first-order valence-electron chi connectivity index (χ1n) is 7.33. The van der Waals surface area contributed by atoms with Gasteiger partial charge in [-0.05, 0) is 31.8 Å². The van der Waals surface area contributed by atoms with Gasteiger partial charge < -0.3 is 19.6 Å². The van der Waals surface area contributed by atoms with Crippen molar-refractivity contribution < 1.29 is 14.6 Å². The number of carbonyl (C=O) groups excluding carboxylic acids is 1. The highest BCUT2D eigenvalue weighted by molar-refractivity contribution is 6.32. The molecule has 1 fully saturated rings. The molecule has 1 aromatic carbocycles. The number of hydrogen-bond acceptors (Lipinski definition) is 4. The Morgan fingerprint density at radius 1 is 1.45 bits per heavy atom. The van der Waals surface area contributed by atoms with E-state index >= 15 is 0 Å². The van der Waals surface area contributed by atoms with Crippen molar-refractivity contribution >= 4 is 17.5 Å². The zero-order chi connectivity index (χ0) is 16.3. The minimum Gasteiger partial charge on any atom is -0.495 e. The molecule has 1 aliphatic rings. The number of amides is 1. The summed E-state index contributed by atoms with van der Waals surface area (Å²) in [5.74, 6) is 0.773. The number of rotatable bonds is 5. The van der Waals surface area contributed by atoms with Crippen molar-refractivity contribution in [2.45, 2.75) is 12.5 Å². The van der Waals surface area contributed by atoms with Crippen LogP contribution in [0.25, 0.3) is 0 Å². The van der Waals surface area contributed by atoms with Crippen molar-refractivity contribution in [1.29, 1.82) is 0 Å². The summed E-state index contributed by atoms with van der Waals surface area (Å²) in [6.07, 6.45) is 0.308. The van der Waals surface area contributed by atoms with Crippen LogP contribution in [0.5, 0.6) is 5.75 Å². The third-order valence-corrected chi connectivity index (χ3v) is 4.52. The van der Waals surface area contributed by atoms with Gasteiger partial charge in [-0.1, -0.05) is 17.7 Å². The van der Waals surface area contributed by atoms with Gasteiger partial charge in [0, 0.05) is 31.7 Å². The van der Waals surface area contributed by atoms with Gasteiger partial charge in [0.25, 0.3) is 0 Å². The lowest BCUT2D eigenvalue weighted by molar-refractivity contribution is -0.129. The highest BCUT2D eigenvalue weighted by Gasteiger charge is 2.35. The predicted molar refractivity (Wildman–Crippen MR) is 86.3 cm³/mol. The van der Waals surface area contributed by atoms with Gasteiger partial charge in [-0.2, -0.15) is 0 Å². The van der Waals surface area contributed by atoms with Gasteiger partial charge in [-0.25, -0.2) is 0 Å². The van der Waals surface area contributed by atoms with E-state index < -0.39 is 0 Å². The Kier molecular flexibility index (Phi) is 5.67. The number of methoxy groups -OCH3 is 1. The van der Waals surface area contributed by atoms with E-state index in [2.05, 4.69) is 4.90 Å². The molecular weight excluding hydrogens is 304 g/mol. The Morgan fingerprint density at radius 3 is 2.68 bits per heavy atom. The van der Waals surface area contributed by atoms with Gasteiger partial charge in [-0.15, -0.1) is 0 Å². The SMILES string of the molecule is COc1ccc(CC(=O)N2C[C@@H](CO)[C@H](N(C)C)C2)cc1Cl. The van der Waals surface area contributed by atoms with Crippen LogP contribution in [0.4, 0.5) is 0 Å². The summed E-state index contributed by atoms with van der Waals surface area (Å²) in [5.41, 5.74) is 0.865. The molecule has 22 heavy (non-hydrogen) atoms. The van der Waals surface area contributed by atoms with E-state index in [1.165, 1.54) is 0 Å². The number of nitrogens with zero attached hydrogens (tertiary/aromatic N) is 2. The quantitative estimate of drug-likeness (QED) is 0.885. The van der Waals surface area contributed by atoms with Crippen LogP contribution in [0.3, 0.4) is 0 Å². The van der Waals surface area contributed by atoms with E-state index in [0.29, 0.717) is 30.3 Å². The highest BCUT2D eigenvalue weighted by atomic mass is 35.5. The maximum absolute atomic E-state index is 12.5. The number of aliphatic hydroxyl groups excluding tert-OH is 1. The molecule has 0 spiro atoms. The minimum absolute atomic E-state index is 0.0593. The van der Waals surface area contributed by atoms with Gasteiger partial charge in [0.05, 0.1) is 18.6 Å².